The van der Waals surface area contributed by atoms with Gasteiger partial charge < -0.3 is 14.2 Å². The van der Waals surface area contributed by atoms with Gasteiger partial charge in [-0.15, -0.1) is 10.2 Å². The van der Waals surface area contributed by atoms with E-state index in [0.717, 1.165) is 56.7 Å². The number of rotatable bonds is 6. The van der Waals surface area contributed by atoms with Crippen molar-refractivity contribution in [1.82, 2.24) is 24.0 Å². The van der Waals surface area contributed by atoms with E-state index in [0.29, 0.717) is 25.2 Å². The Kier molecular flexibility index (Phi) is 6.29. The second-order valence-corrected chi connectivity index (χ2v) is 10.0. The lowest BCUT2D eigenvalue weighted by molar-refractivity contribution is 0.0779. The number of carbonyl (C=O) groups is 1. The van der Waals surface area contributed by atoms with E-state index < -0.39 is 10.0 Å². The number of nitrogens with zero attached hydrogens (tertiary/aromatic N) is 5. The van der Waals surface area contributed by atoms with Crippen molar-refractivity contribution < 1.29 is 17.9 Å². The van der Waals surface area contributed by atoms with E-state index in [1.54, 1.807) is 24.1 Å². The van der Waals surface area contributed by atoms with Crippen LogP contribution in [0.5, 0.6) is 5.75 Å². The van der Waals surface area contributed by atoms with Gasteiger partial charge in [0.25, 0.3) is 5.91 Å². The zero-order valence-corrected chi connectivity index (χ0v) is 18.9. The molecule has 1 aromatic heterocycles. The number of sulfonamides is 1. The van der Waals surface area contributed by atoms with E-state index in [2.05, 4.69) is 14.8 Å². The van der Waals surface area contributed by atoms with E-state index in [1.807, 2.05) is 0 Å². The first-order valence-corrected chi connectivity index (χ1v) is 12.2. The van der Waals surface area contributed by atoms with Crippen LogP contribution in [0.15, 0.2) is 23.1 Å². The van der Waals surface area contributed by atoms with Gasteiger partial charge >= 0.3 is 0 Å². The van der Waals surface area contributed by atoms with Crippen LogP contribution in [-0.2, 0) is 29.5 Å². The maximum absolute atomic E-state index is 13.1. The zero-order valence-electron chi connectivity index (χ0n) is 18.1. The van der Waals surface area contributed by atoms with Gasteiger partial charge in [0.1, 0.15) is 16.5 Å². The number of benzene rings is 1. The van der Waals surface area contributed by atoms with E-state index >= 15 is 0 Å². The number of carbonyl (C=O) groups excluding carboxylic acids is 1. The lowest BCUT2D eigenvalue weighted by Gasteiger charge is -2.20. The average Bonchev–Trinajstić information content (AvgIpc) is 3.38. The summed E-state index contributed by atoms with van der Waals surface area (Å²) < 4.78 is 35.1. The summed E-state index contributed by atoms with van der Waals surface area (Å²) >= 11 is 0. The summed E-state index contributed by atoms with van der Waals surface area (Å²) in [5.41, 5.74) is 0.302. The Morgan fingerprint density at radius 1 is 1.10 bits per heavy atom. The minimum atomic E-state index is -3.72. The molecule has 1 amide bonds. The van der Waals surface area contributed by atoms with Crippen molar-refractivity contribution in [2.45, 2.75) is 56.5 Å². The van der Waals surface area contributed by atoms with Crippen LogP contribution in [0.4, 0.5) is 0 Å². The van der Waals surface area contributed by atoms with Gasteiger partial charge in [-0.05, 0) is 43.9 Å². The molecule has 31 heavy (non-hydrogen) atoms. The Labute approximate surface area is 183 Å². The number of methoxy groups -OCH3 is 1. The first-order valence-electron chi connectivity index (χ1n) is 10.8. The van der Waals surface area contributed by atoms with Crippen molar-refractivity contribution in [2.75, 3.05) is 27.2 Å². The largest absolute Gasteiger partial charge is 0.495 e. The highest BCUT2D eigenvalue weighted by Gasteiger charge is 2.31. The van der Waals surface area contributed by atoms with Gasteiger partial charge in [0, 0.05) is 38.7 Å². The van der Waals surface area contributed by atoms with Crippen molar-refractivity contribution in [3.63, 3.8) is 0 Å². The second kappa shape index (κ2) is 8.96. The normalized spacial score (nSPS) is 17.2. The van der Waals surface area contributed by atoms with E-state index in [-0.39, 0.29) is 16.6 Å². The fourth-order valence-corrected chi connectivity index (χ4v) is 5.94. The van der Waals surface area contributed by atoms with Gasteiger partial charge in [0.2, 0.25) is 10.0 Å². The molecule has 2 aromatic rings. The van der Waals surface area contributed by atoms with Crippen LogP contribution in [0, 0.1) is 0 Å². The third-order valence-electron chi connectivity index (χ3n) is 6.00. The molecule has 0 saturated carbocycles. The maximum atomic E-state index is 13.1. The average molecular weight is 448 g/mol. The molecular formula is C21H29N5O4S. The van der Waals surface area contributed by atoms with Crippen molar-refractivity contribution >= 4 is 15.9 Å². The summed E-state index contributed by atoms with van der Waals surface area (Å²) in [6, 6.07) is 4.58. The molecule has 0 radical (unpaired) electrons. The summed E-state index contributed by atoms with van der Waals surface area (Å²) in [5, 5.41) is 8.58. The third kappa shape index (κ3) is 4.31. The van der Waals surface area contributed by atoms with Gasteiger partial charge in [-0.25, -0.2) is 8.42 Å². The minimum Gasteiger partial charge on any atom is -0.495 e. The molecule has 0 bridgehead atoms. The molecule has 2 aliphatic rings. The maximum Gasteiger partial charge on any atom is 0.254 e. The number of aryl methyl sites for hydroxylation is 1. The molecule has 3 heterocycles. The SMILES string of the molecule is COc1ccc(C(=O)N(C)Cc2nnc3n2CCCCC3)cc1S(=O)(=O)N1CCCC1. The Balaban J connectivity index is 1.58. The number of amides is 1. The third-order valence-corrected chi connectivity index (χ3v) is 7.92. The summed E-state index contributed by atoms with van der Waals surface area (Å²) in [5.74, 6) is 1.70. The Morgan fingerprint density at radius 2 is 1.84 bits per heavy atom. The van der Waals surface area contributed by atoms with Crippen LogP contribution in [0.2, 0.25) is 0 Å². The topological polar surface area (TPSA) is 97.6 Å². The number of hydrogen-bond acceptors (Lipinski definition) is 6. The van der Waals surface area contributed by atoms with Crippen molar-refractivity contribution in [2.24, 2.45) is 0 Å². The zero-order chi connectivity index (χ0) is 22.0. The number of fused-ring (bicyclic) bond motifs is 1. The van der Waals surface area contributed by atoms with Gasteiger partial charge in [0.15, 0.2) is 5.82 Å². The number of ether oxygens (including phenoxy) is 1. The van der Waals surface area contributed by atoms with Crippen LogP contribution < -0.4 is 4.74 Å². The molecule has 0 N–H and O–H groups in total. The second-order valence-electron chi connectivity index (χ2n) is 8.13. The van der Waals surface area contributed by atoms with Crippen LogP contribution >= 0.6 is 0 Å². The van der Waals surface area contributed by atoms with Crippen LogP contribution in [0.1, 0.15) is 54.1 Å². The summed E-state index contributed by atoms with van der Waals surface area (Å²) in [6.07, 6.45) is 5.93. The van der Waals surface area contributed by atoms with Gasteiger partial charge in [-0.2, -0.15) is 4.31 Å². The Bertz CT molecular complexity index is 1060. The highest BCUT2D eigenvalue weighted by Crippen LogP contribution is 2.30. The number of aromatic nitrogens is 3. The molecule has 1 saturated heterocycles. The predicted octanol–water partition coefficient (Wildman–Crippen LogP) is 2.07. The summed E-state index contributed by atoms with van der Waals surface area (Å²) in [6.45, 7) is 2.15. The fourth-order valence-electron chi connectivity index (χ4n) is 4.25. The predicted molar refractivity (Wildman–Crippen MR) is 114 cm³/mol. The van der Waals surface area contributed by atoms with E-state index in [1.165, 1.54) is 17.5 Å². The lowest BCUT2D eigenvalue weighted by Crippen LogP contribution is -2.30. The fraction of sp³-hybridized carbons (Fsp3) is 0.571. The molecule has 0 unspecified atom stereocenters. The molecule has 9 nitrogen and oxygen atoms in total. The van der Waals surface area contributed by atoms with E-state index in [4.69, 9.17) is 4.74 Å². The molecule has 4 rings (SSSR count). The van der Waals surface area contributed by atoms with Gasteiger partial charge in [-0.3, -0.25) is 4.79 Å². The van der Waals surface area contributed by atoms with Crippen LogP contribution in [0.25, 0.3) is 0 Å². The molecule has 10 heteroatoms. The van der Waals surface area contributed by atoms with Crippen molar-refractivity contribution in [3.05, 3.63) is 35.4 Å². The summed E-state index contributed by atoms with van der Waals surface area (Å²) in [7, 11) is -0.591. The Morgan fingerprint density at radius 3 is 2.58 bits per heavy atom. The van der Waals surface area contributed by atoms with Gasteiger partial charge in [0.05, 0.1) is 13.7 Å². The number of hydrogen-bond donors (Lipinski definition) is 0. The molecule has 0 aliphatic carbocycles. The van der Waals surface area contributed by atoms with Crippen LogP contribution in [-0.4, -0.2) is 65.5 Å². The minimum absolute atomic E-state index is 0.0347. The Hall–Kier alpha value is -2.46. The first-order chi connectivity index (χ1) is 14.9. The highest BCUT2D eigenvalue weighted by molar-refractivity contribution is 7.89. The monoisotopic (exact) mass is 447 g/mol. The highest BCUT2D eigenvalue weighted by atomic mass is 32.2. The molecular weight excluding hydrogens is 418 g/mol. The van der Waals surface area contributed by atoms with E-state index in [9.17, 15) is 13.2 Å². The standard InChI is InChI=1S/C21H29N5O4S/c1-24(15-20-23-22-19-8-4-3-5-13-26(19)20)21(27)16-9-10-17(30-2)18(14-16)31(28,29)25-11-6-7-12-25/h9-10,14H,3-8,11-13,15H2,1-2H3. The molecule has 2 aliphatic heterocycles. The molecule has 168 valence electrons. The van der Waals surface area contributed by atoms with Gasteiger partial charge in [-0.1, -0.05) is 6.42 Å². The van der Waals surface area contributed by atoms with Crippen molar-refractivity contribution in [3.8, 4) is 5.75 Å². The molecule has 1 fully saturated rings. The molecule has 0 atom stereocenters. The molecule has 0 spiro atoms. The first kappa shape index (κ1) is 21.8. The van der Waals surface area contributed by atoms with Crippen LogP contribution in [0.3, 0.4) is 0 Å². The quantitative estimate of drug-likeness (QED) is 0.672. The lowest BCUT2D eigenvalue weighted by atomic mass is 10.2. The molecule has 1 aromatic carbocycles. The van der Waals surface area contributed by atoms with Crippen molar-refractivity contribution in [1.29, 1.82) is 0 Å². The smallest absolute Gasteiger partial charge is 0.254 e. The summed E-state index contributed by atoms with van der Waals surface area (Å²) in [4.78, 5) is 14.7.